The van der Waals surface area contributed by atoms with Gasteiger partial charge in [0.25, 0.3) is 0 Å². The van der Waals surface area contributed by atoms with Crippen LogP contribution >= 0.6 is 23.1 Å². The number of aromatic nitrogens is 2. The van der Waals surface area contributed by atoms with Gasteiger partial charge >= 0.3 is 0 Å². The number of rotatable bonds is 7. The van der Waals surface area contributed by atoms with Crippen molar-refractivity contribution in [2.45, 2.75) is 29.9 Å². The number of halogens is 2. The smallest absolute Gasteiger partial charge is 0.237 e. The number of carbonyl (C=O) groups is 1. The first-order chi connectivity index (χ1) is 11.0. The molecule has 0 saturated heterocycles. The first kappa shape index (κ1) is 17.6. The minimum Gasteiger partial charge on any atom is -0.360 e. The van der Waals surface area contributed by atoms with E-state index in [1.807, 2.05) is 6.92 Å². The zero-order valence-corrected chi connectivity index (χ0v) is 14.2. The van der Waals surface area contributed by atoms with Gasteiger partial charge in [-0.2, -0.15) is 0 Å². The Balaban J connectivity index is 1.96. The van der Waals surface area contributed by atoms with Crippen molar-refractivity contribution in [3.05, 3.63) is 29.8 Å². The third kappa shape index (κ3) is 4.87. The molecule has 2 aromatic rings. The van der Waals surface area contributed by atoms with Crippen LogP contribution in [-0.4, -0.2) is 27.9 Å². The molecular formula is C14H16F2N4OS2. The maximum atomic E-state index is 13.5. The van der Waals surface area contributed by atoms with Gasteiger partial charge in [0, 0.05) is 6.54 Å². The largest absolute Gasteiger partial charge is 0.360 e. The molecule has 0 aliphatic carbocycles. The summed E-state index contributed by atoms with van der Waals surface area (Å²) in [7, 11) is 0. The van der Waals surface area contributed by atoms with Crippen LogP contribution < -0.4 is 10.6 Å². The molecular weight excluding hydrogens is 342 g/mol. The Hall–Kier alpha value is -1.74. The number of nitrogens with one attached hydrogen (secondary N) is 2. The maximum Gasteiger partial charge on any atom is 0.237 e. The van der Waals surface area contributed by atoms with Gasteiger partial charge in [-0.05, 0) is 25.5 Å². The summed E-state index contributed by atoms with van der Waals surface area (Å²) in [5.41, 5.74) is -0.437. The normalized spacial score (nSPS) is 12.0. The van der Waals surface area contributed by atoms with Crippen LogP contribution in [0.3, 0.4) is 0 Å². The number of benzene rings is 1. The van der Waals surface area contributed by atoms with Gasteiger partial charge in [0.1, 0.15) is 17.3 Å². The average molecular weight is 358 g/mol. The average Bonchev–Trinajstić information content (AvgIpc) is 2.96. The van der Waals surface area contributed by atoms with Crippen LogP contribution in [-0.2, 0) is 4.79 Å². The molecule has 5 nitrogen and oxygen atoms in total. The minimum atomic E-state index is -0.808. The van der Waals surface area contributed by atoms with Gasteiger partial charge < -0.3 is 10.6 Å². The Labute approximate surface area is 140 Å². The summed E-state index contributed by atoms with van der Waals surface area (Å²) in [6, 6.07) is 3.42. The fourth-order valence-electron chi connectivity index (χ4n) is 1.61. The molecule has 9 heteroatoms. The predicted molar refractivity (Wildman–Crippen MR) is 89.0 cm³/mol. The SMILES string of the molecule is CCCNc1nnc(S[C@H](C)C(=O)Nc2c(F)cccc2F)s1. The summed E-state index contributed by atoms with van der Waals surface area (Å²) in [4.78, 5) is 12.1. The van der Waals surface area contributed by atoms with E-state index in [9.17, 15) is 13.6 Å². The lowest BCUT2D eigenvalue weighted by Crippen LogP contribution is -2.23. The van der Waals surface area contributed by atoms with E-state index in [0.29, 0.717) is 9.47 Å². The monoisotopic (exact) mass is 358 g/mol. The number of hydrogen-bond donors (Lipinski definition) is 2. The Morgan fingerprint density at radius 3 is 2.70 bits per heavy atom. The molecule has 1 heterocycles. The topological polar surface area (TPSA) is 66.9 Å². The van der Waals surface area contributed by atoms with Crippen LogP contribution in [0.2, 0.25) is 0 Å². The van der Waals surface area contributed by atoms with Crippen molar-refractivity contribution in [2.75, 3.05) is 17.2 Å². The van der Waals surface area contributed by atoms with Crippen LogP contribution in [0.5, 0.6) is 0 Å². The van der Waals surface area contributed by atoms with Crippen LogP contribution in [0.15, 0.2) is 22.5 Å². The summed E-state index contributed by atoms with van der Waals surface area (Å²) in [5, 5.41) is 13.4. The van der Waals surface area contributed by atoms with Gasteiger partial charge in [-0.1, -0.05) is 36.1 Å². The standard InChI is InChI=1S/C14H16F2N4OS2/c1-3-7-17-13-19-20-14(23-13)22-8(2)12(21)18-11-9(15)5-4-6-10(11)16/h4-6,8H,3,7H2,1-2H3,(H,17,19)(H,18,21)/t8-/m1/s1. The molecule has 0 saturated carbocycles. The van der Waals surface area contributed by atoms with Gasteiger partial charge in [0.05, 0.1) is 5.25 Å². The Morgan fingerprint density at radius 2 is 2.04 bits per heavy atom. The Morgan fingerprint density at radius 1 is 1.35 bits per heavy atom. The molecule has 0 bridgehead atoms. The molecule has 0 spiro atoms. The predicted octanol–water partition coefficient (Wildman–Crippen LogP) is 3.76. The van der Waals surface area contributed by atoms with Crippen molar-refractivity contribution in [3.63, 3.8) is 0 Å². The summed E-state index contributed by atoms with van der Waals surface area (Å²) in [6.45, 7) is 4.47. The third-order valence-corrected chi connectivity index (χ3v) is 4.86. The summed E-state index contributed by atoms with van der Waals surface area (Å²) < 4.78 is 27.7. The van der Waals surface area contributed by atoms with Crippen LogP contribution in [0.4, 0.5) is 19.6 Å². The second-order valence-electron chi connectivity index (χ2n) is 4.65. The first-order valence-electron chi connectivity index (χ1n) is 7.00. The van der Waals surface area contributed by atoms with Crippen molar-refractivity contribution in [3.8, 4) is 0 Å². The van der Waals surface area contributed by atoms with Crippen molar-refractivity contribution in [1.82, 2.24) is 10.2 Å². The molecule has 0 aliphatic heterocycles. The highest BCUT2D eigenvalue weighted by molar-refractivity contribution is 8.02. The highest BCUT2D eigenvalue weighted by Gasteiger charge is 2.20. The summed E-state index contributed by atoms with van der Waals surface area (Å²) in [5.74, 6) is -2.12. The molecule has 2 N–H and O–H groups in total. The fraction of sp³-hybridized carbons (Fsp3) is 0.357. The van der Waals surface area contributed by atoms with Gasteiger partial charge in [-0.3, -0.25) is 4.79 Å². The minimum absolute atomic E-state index is 0.437. The van der Waals surface area contributed by atoms with E-state index < -0.39 is 28.5 Å². The second-order valence-corrected chi connectivity index (χ2v) is 7.21. The van der Waals surface area contributed by atoms with Crippen LogP contribution in [0.25, 0.3) is 0 Å². The number of nitrogens with zero attached hydrogens (tertiary/aromatic N) is 2. The molecule has 0 radical (unpaired) electrons. The zero-order valence-electron chi connectivity index (χ0n) is 12.6. The molecule has 1 amide bonds. The lowest BCUT2D eigenvalue weighted by atomic mass is 10.3. The summed E-state index contributed by atoms with van der Waals surface area (Å²) >= 11 is 2.52. The summed E-state index contributed by atoms with van der Waals surface area (Å²) in [6.07, 6.45) is 0.967. The number of amides is 1. The number of para-hydroxylation sites is 1. The van der Waals surface area contributed by atoms with Crippen LogP contribution in [0.1, 0.15) is 20.3 Å². The molecule has 1 aromatic carbocycles. The second kappa shape index (κ2) is 8.21. The fourth-order valence-corrected chi connectivity index (χ4v) is 3.53. The Kier molecular flexibility index (Phi) is 6.28. The van der Waals surface area contributed by atoms with Crippen molar-refractivity contribution >= 4 is 39.8 Å². The molecule has 1 atom stereocenters. The van der Waals surface area contributed by atoms with Gasteiger partial charge in [-0.25, -0.2) is 8.78 Å². The highest BCUT2D eigenvalue weighted by atomic mass is 32.2. The highest BCUT2D eigenvalue weighted by Crippen LogP contribution is 2.29. The third-order valence-electron chi connectivity index (χ3n) is 2.79. The van der Waals surface area contributed by atoms with Gasteiger partial charge in [-0.15, -0.1) is 10.2 Å². The van der Waals surface area contributed by atoms with E-state index in [2.05, 4.69) is 20.8 Å². The molecule has 0 aliphatic rings. The zero-order chi connectivity index (χ0) is 16.8. The quantitative estimate of drug-likeness (QED) is 0.738. The molecule has 0 fully saturated rings. The van der Waals surface area contributed by atoms with E-state index in [4.69, 9.17) is 0 Å². The number of anilines is 2. The van der Waals surface area contributed by atoms with Gasteiger partial charge in [0.2, 0.25) is 11.0 Å². The molecule has 2 rings (SSSR count). The maximum absolute atomic E-state index is 13.5. The van der Waals surface area contributed by atoms with Crippen molar-refractivity contribution < 1.29 is 13.6 Å². The molecule has 23 heavy (non-hydrogen) atoms. The van der Waals surface area contributed by atoms with Gasteiger partial charge in [0.15, 0.2) is 4.34 Å². The van der Waals surface area contributed by atoms with E-state index in [0.717, 1.165) is 25.1 Å². The number of thioether (sulfide) groups is 1. The molecule has 124 valence electrons. The molecule has 1 aromatic heterocycles. The van der Waals surface area contributed by atoms with E-state index in [-0.39, 0.29) is 0 Å². The lowest BCUT2D eigenvalue weighted by molar-refractivity contribution is -0.115. The van der Waals surface area contributed by atoms with Crippen molar-refractivity contribution in [2.24, 2.45) is 0 Å². The first-order valence-corrected chi connectivity index (χ1v) is 8.69. The Bertz CT molecular complexity index is 660. The number of hydrogen-bond acceptors (Lipinski definition) is 6. The lowest BCUT2D eigenvalue weighted by Gasteiger charge is -2.11. The van der Waals surface area contributed by atoms with E-state index in [1.165, 1.54) is 29.2 Å². The van der Waals surface area contributed by atoms with E-state index in [1.54, 1.807) is 6.92 Å². The number of carbonyl (C=O) groups excluding carboxylic acids is 1. The van der Waals surface area contributed by atoms with E-state index >= 15 is 0 Å². The van der Waals surface area contributed by atoms with Crippen molar-refractivity contribution in [1.29, 1.82) is 0 Å². The van der Waals surface area contributed by atoms with Crippen LogP contribution in [0, 0.1) is 11.6 Å². The molecule has 0 unspecified atom stereocenters.